The Bertz CT molecular complexity index is 675. The Morgan fingerprint density at radius 1 is 1.15 bits per heavy atom. The van der Waals surface area contributed by atoms with Gasteiger partial charge in [-0.05, 0) is 31.2 Å². The maximum Gasteiger partial charge on any atom is 0.573 e. The van der Waals surface area contributed by atoms with Crippen molar-refractivity contribution >= 4 is 0 Å². The van der Waals surface area contributed by atoms with Crippen LogP contribution < -0.4 is 4.74 Å². The van der Waals surface area contributed by atoms with Crippen LogP contribution >= 0.6 is 0 Å². The van der Waals surface area contributed by atoms with E-state index < -0.39 is 6.36 Å². The van der Waals surface area contributed by atoms with Gasteiger partial charge in [0.25, 0.3) is 0 Å². The number of halogens is 3. The Labute approximate surface area is 113 Å². The van der Waals surface area contributed by atoms with Crippen LogP contribution in [0.2, 0.25) is 0 Å². The van der Waals surface area contributed by atoms with E-state index in [9.17, 15) is 13.2 Å². The van der Waals surface area contributed by atoms with Crippen LogP contribution in [0, 0.1) is 18.3 Å². The lowest BCUT2D eigenvalue weighted by atomic mass is 10.0. The quantitative estimate of drug-likeness (QED) is 0.838. The van der Waals surface area contributed by atoms with Crippen molar-refractivity contribution in [2.75, 3.05) is 0 Å². The van der Waals surface area contributed by atoms with Crippen molar-refractivity contribution in [3.8, 4) is 23.1 Å². The summed E-state index contributed by atoms with van der Waals surface area (Å²) in [6.07, 6.45) is -4.80. The van der Waals surface area contributed by atoms with Crippen LogP contribution in [0.5, 0.6) is 5.75 Å². The highest BCUT2D eigenvalue weighted by atomic mass is 19.4. The van der Waals surface area contributed by atoms with Crippen molar-refractivity contribution in [1.29, 1.82) is 5.26 Å². The predicted molar refractivity (Wildman–Crippen MR) is 65.8 cm³/mol. The van der Waals surface area contributed by atoms with Crippen LogP contribution in [-0.4, -0.2) is 11.3 Å². The molecule has 3 nitrogen and oxygen atoms in total. The first-order valence-corrected chi connectivity index (χ1v) is 5.63. The third kappa shape index (κ3) is 3.06. The van der Waals surface area contributed by atoms with Gasteiger partial charge in [0.05, 0.1) is 11.3 Å². The fraction of sp³-hybridized carbons (Fsp3) is 0.143. The zero-order chi connectivity index (χ0) is 14.8. The molecule has 0 atom stereocenters. The molecule has 0 aliphatic carbocycles. The fourth-order valence-electron chi connectivity index (χ4n) is 1.73. The number of para-hydroxylation sites is 1. The van der Waals surface area contributed by atoms with E-state index in [1.807, 2.05) is 6.07 Å². The van der Waals surface area contributed by atoms with E-state index in [2.05, 4.69) is 9.72 Å². The first-order valence-electron chi connectivity index (χ1n) is 5.63. The molecule has 0 aliphatic rings. The topological polar surface area (TPSA) is 45.9 Å². The molecule has 20 heavy (non-hydrogen) atoms. The molecule has 0 saturated carbocycles. The van der Waals surface area contributed by atoms with Gasteiger partial charge in [0.2, 0.25) is 0 Å². The van der Waals surface area contributed by atoms with Crippen molar-refractivity contribution in [3.63, 3.8) is 0 Å². The average Bonchev–Trinajstić information content (AvgIpc) is 2.37. The number of ether oxygens (including phenoxy) is 1. The van der Waals surface area contributed by atoms with Gasteiger partial charge in [-0.2, -0.15) is 5.26 Å². The van der Waals surface area contributed by atoms with Crippen LogP contribution in [0.3, 0.4) is 0 Å². The summed E-state index contributed by atoms with van der Waals surface area (Å²) in [6.45, 7) is 1.69. The second-order valence-electron chi connectivity index (χ2n) is 4.00. The number of aromatic nitrogens is 1. The molecule has 0 unspecified atom stereocenters. The van der Waals surface area contributed by atoms with E-state index in [1.54, 1.807) is 19.1 Å². The molecule has 0 radical (unpaired) electrons. The Balaban J connectivity index is 2.59. The van der Waals surface area contributed by atoms with E-state index in [4.69, 9.17) is 5.26 Å². The molecule has 0 amide bonds. The molecule has 6 heteroatoms. The summed E-state index contributed by atoms with van der Waals surface area (Å²) >= 11 is 0. The highest BCUT2D eigenvalue weighted by Crippen LogP contribution is 2.34. The lowest BCUT2D eigenvalue weighted by Crippen LogP contribution is -2.17. The molecule has 1 aromatic carbocycles. The number of nitrogens with zero attached hydrogens (tertiary/aromatic N) is 2. The predicted octanol–water partition coefficient (Wildman–Crippen LogP) is 3.83. The Kier molecular flexibility index (Phi) is 3.61. The normalized spacial score (nSPS) is 10.9. The SMILES string of the molecule is Cc1ccc(C#N)c(-c2ccccc2OC(F)(F)F)n1. The molecule has 2 aromatic rings. The summed E-state index contributed by atoms with van der Waals surface area (Å²) in [5, 5.41) is 9.04. The lowest BCUT2D eigenvalue weighted by molar-refractivity contribution is -0.274. The van der Waals surface area contributed by atoms with Gasteiger partial charge in [0.1, 0.15) is 11.8 Å². The van der Waals surface area contributed by atoms with E-state index in [-0.39, 0.29) is 22.6 Å². The number of aryl methyl sites for hydroxylation is 1. The molecule has 0 saturated heterocycles. The van der Waals surface area contributed by atoms with Crippen molar-refractivity contribution in [2.24, 2.45) is 0 Å². The molecule has 0 bridgehead atoms. The zero-order valence-electron chi connectivity index (χ0n) is 10.4. The highest BCUT2D eigenvalue weighted by molar-refractivity contribution is 5.72. The van der Waals surface area contributed by atoms with Gasteiger partial charge in [-0.15, -0.1) is 13.2 Å². The minimum atomic E-state index is -4.80. The first kappa shape index (κ1) is 13.9. The van der Waals surface area contributed by atoms with E-state index >= 15 is 0 Å². The van der Waals surface area contributed by atoms with Gasteiger partial charge in [-0.3, -0.25) is 4.98 Å². The van der Waals surface area contributed by atoms with Gasteiger partial charge in [0.15, 0.2) is 0 Å². The highest BCUT2D eigenvalue weighted by Gasteiger charge is 2.32. The lowest BCUT2D eigenvalue weighted by Gasteiger charge is -2.13. The molecule has 0 N–H and O–H groups in total. The van der Waals surface area contributed by atoms with Crippen molar-refractivity contribution < 1.29 is 17.9 Å². The minimum absolute atomic E-state index is 0.130. The molecule has 1 aromatic heterocycles. The minimum Gasteiger partial charge on any atom is -0.405 e. The number of hydrogen-bond donors (Lipinski definition) is 0. The Morgan fingerprint density at radius 3 is 2.50 bits per heavy atom. The van der Waals surface area contributed by atoms with Crippen LogP contribution in [0.4, 0.5) is 13.2 Å². The maximum absolute atomic E-state index is 12.4. The third-order valence-electron chi connectivity index (χ3n) is 2.52. The fourth-order valence-corrected chi connectivity index (χ4v) is 1.73. The zero-order valence-corrected chi connectivity index (χ0v) is 10.4. The number of alkyl halides is 3. The number of benzene rings is 1. The molecule has 0 fully saturated rings. The van der Waals surface area contributed by atoms with Gasteiger partial charge in [0, 0.05) is 11.3 Å². The molecule has 0 aliphatic heterocycles. The van der Waals surface area contributed by atoms with Gasteiger partial charge in [-0.1, -0.05) is 12.1 Å². The second-order valence-corrected chi connectivity index (χ2v) is 4.00. The van der Waals surface area contributed by atoms with Crippen molar-refractivity contribution in [1.82, 2.24) is 4.98 Å². The van der Waals surface area contributed by atoms with Crippen LogP contribution in [0.1, 0.15) is 11.3 Å². The Morgan fingerprint density at radius 2 is 1.85 bits per heavy atom. The number of rotatable bonds is 2. The molecule has 2 rings (SSSR count). The summed E-state index contributed by atoms with van der Waals surface area (Å²) in [5.74, 6) is -0.380. The van der Waals surface area contributed by atoms with Gasteiger partial charge >= 0.3 is 6.36 Å². The number of nitriles is 1. The maximum atomic E-state index is 12.4. The van der Waals surface area contributed by atoms with Crippen LogP contribution in [0.15, 0.2) is 36.4 Å². The summed E-state index contributed by atoms with van der Waals surface area (Å²) < 4.78 is 41.2. The summed E-state index contributed by atoms with van der Waals surface area (Å²) in [4.78, 5) is 4.14. The summed E-state index contributed by atoms with van der Waals surface area (Å²) in [7, 11) is 0. The second kappa shape index (κ2) is 5.21. The smallest absolute Gasteiger partial charge is 0.405 e. The molecular formula is C14H9F3N2O. The number of hydrogen-bond acceptors (Lipinski definition) is 3. The van der Waals surface area contributed by atoms with Gasteiger partial charge < -0.3 is 4.74 Å². The van der Waals surface area contributed by atoms with E-state index in [0.29, 0.717) is 5.69 Å². The number of pyridine rings is 1. The monoisotopic (exact) mass is 278 g/mol. The van der Waals surface area contributed by atoms with Crippen molar-refractivity contribution in [2.45, 2.75) is 13.3 Å². The van der Waals surface area contributed by atoms with Crippen molar-refractivity contribution in [3.05, 3.63) is 47.7 Å². The first-order chi connectivity index (χ1) is 9.40. The van der Waals surface area contributed by atoms with Crippen LogP contribution in [0.25, 0.3) is 11.3 Å². The standard InChI is InChI=1S/C14H9F3N2O/c1-9-6-7-10(8-18)13(19-9)11-4-2-3-5-12(11)20-14(15,16)17/h2-7H,1H3. The average molecular weight is 278 g/mol. The summed E-state index contributed by atoms with van der Waals surface area (Å²) in [5.41, 5.74) is 1.09. The summed E-state index contributed by atoms with van der Waals surface area (Å²) in [6, 6.07) is 10.7. The molecule has 1 heterocycles. The molecule has 102 valence electrons. The van der Waals surface area contributed by atoms with Gasteiger partial charge in [-0.25, -0.2) is 0 Å². The van der Waals surface area contributed by atoms with Crippen LogP contribution in [-0.2, 0) is 0 Å². The largest absolute Gasteiger partial charge is 0.573 e. The molecular weight excluding hydrogens is 269 g/mol. The Hall–Kier alpha value is -2.55. The van der Waals surface area contributed by atoms with E-state index in [1.165, 1.54) is 24.3 Å². The molecule has 0 spiro atoms. The van der Waals surface area contributed by atoms with E-state index in [0.717, 1.165) is 0 Å². The third-order valence-corrected chi connectivity index (χ3v) is 2.52.